The topological polar surface area (TPSA) is 113 Å². The highest BCUT2D eigenvalue weighted by Crippen LogP contribution is 2.27. The molecule has 0 saturated carbocycles. The number of benzodiazepines with no additional fused rings is 1. The fourth-order valence-corrected chi connectivity index (χ4v) is 4.29. The fraction of sp³-hybridized carbons (Fsp3) is 0.207. The molecule has 4 aromatic rings. The maximum atomic E-state index is 15.1. The summed E-state index contributed by atoms with van der Waals surface area (Å²) in [6.07, 6.45) is 1.16. The van der Waals surface area contributed by atoms with Gasteiger partial charge in [-0.2, -0.15) is 9.49 Å². The molecule has 2 aromatic heterocycles. The molecule has 0 fully saturated rings. The van der Waals surface area contributed by atoms with E-state index in [1.54, 1.807) is 18.2 Å². The molecule has 0 aliphatic carbocycles. The van der Waals surface area contributed by atoms with Crippen molar-refractivity contribution >= 4 is 29.0 Å². The number of amides is 2. The van der Waals surface area contributed by atoms with Crippen LogP contribution in [0.25, 0.3) is 11.3 Å². The van der Waals surface area contributed by atoms with Crippen LogP contribution in [0.4, 0.5) is 15.9 Å². The molecular formula is C29H28FN7O2. The molecule has 0 bridgehead atoms. The molecule has 1 aliphatic heterocycles. The van der Waals surface area contributed by atoms with E-state index in [1.165, 1.54) is 10.9 Å². The first-order valence-corrected chi connectivity index (χ1v) is 12.8. The van der Waals surface area contributed by atoms with E-state index in [0.717, 1.165) is 17.5 Å². The summed E-state index contributed by atoms with van der Waals surface area (Å²) in [5.74, 6) is -1.46. The zero-order valence-corrected chi connectivity index (χ0v) is 21.6. The first-order valence-electron chi connectivity index (χ1n) is 12.8. The van der Waals surface area contributed by atoms with Crippen LogP contribution >= 0.6 is 0 Å². The first kappa shape index (κ1) is 25.8. The van der Waals surface area contributed by atoms with Gasteiger partial charge in [0.15, 0.2) is 0 Å². The molecule has 0 radical (unpaired) electrons. The number of anilines is 2. The van der Waals surface area contributed by atoms with Gasteiger partial charge >= 0.3 is 0 Å². The molecule has 0 unspecified atom stereocenters. The number of rotatable bonds is 8. The van der Waals surface area contributed by atoms with Crippen molar-refractivity contribution in [1.82, 2.24) is 20.1 Å². The molecule has 0 spiro atoms. The second-order valence-electron chi connectivity index (χ2n) is 8.96. The summed E-state index contributed by atoms with van der Waals surface area (Å²) in [6.45, 7) is 4.97. The van der Waals surface area contributed by atoms with Crippen molar-refractivity contribution in [2.75, 3.05) is 17.2 Å². The van der Waals surface area contributed by atoms with E-state index in [4.69, 9.17) is 0 Å². The molecule has 1 aliphatic rings. The van der Waals surface area contributed by atoms with E-state index in [9.17, 15) is 9.59 Å². The molecule has 1 atom stereocenters. The minimum Gasteiger partial charge on any atom is -0.370 e. The lowest BCUT2D eigenvalue weighted by atomic mass is 10.0. The van der Waals surface area contributed by atoms with Gasteiger partial charge in [0, 0.05) is 30.4 Å². The third-order valence-electron chi connectivity index (χ3n) is 6.25. The van der Waals surface area contributed by atoms with Crippen molar-refractivity contribution in [3.8, 4) is 11.3 Å². The molecule has 2 aromatic carbocycles. The number of aryl methyl sites for hydroxylation is 1. The minimum atomic E-state index is -1.23. The zero-order chi connectivity index (χ0) is 27.4. The number of fused-ring (bicyclic) bond motifs is 1. The van der Waals surface area contributed by atoms with E-state index in [0.29, 0.717) is 30.3 Å². The maximum absolute atomic E-state index is 15.1. The van der Waals surface area contributed by atoms with Gasteiger partial charge in [-0.05, 0) is 31.5 Å². The summed E-state index contributed by atoms with van der Waals surface area (Å²) in [7, 11) is 0. The molecule has 3 N–H and O–H groups in total. The number of benzene rings is 2. The van der Waals surface area contributed by atoms with E-state index in [2.05, 4.69) is 31.0 Å². The molecule has 3 heterocycles. The molecule has 10 heteroatoms. The van der Waals surface area contributed by atoms with Crippen LogP contribution in [0.2, 0.25) is 0 Å². The van der Waals surface area contributed by atoms with Crippen molar-refractivity contribution in [1.29, 1.82) is 0 Å². The SMILES string of the molecule is CCCNc1ccc(-c2nn(CC)cc2C(=O)N[C@H]2N=C(c3ccccc3)c3ccccc3NC2=O)c(F)n1. The Kier molecular flexibility index (Phi) is 7.44. The number of carbonyl (C=O) groups excluding carboxylic acids is 2. The zero-order valence-electron chi connectivity index (χ0n) is 21.6. The molecule has 39 heavy (non-hydrogen) atoms. The number of aromatic nitrogens is 3. The molecule has 2 amide bonds. The van der Waals surface area contributed by atoms with Gasteiger partial charge in [0.2, 0.25) is 12.1 Å². The third kappa shape index (κ3) is 5.40. The lowest BCUT2D eigenvalue weighted by Gasteiger charge is -2.13. The van der Waals surface area contributed by atoms with Crippen LogP contribution in [0.15, 0.2) is 77.9 Å². The Bertz CT molecular complexity index is 1550. The van der Waals surface area contributed by atoms with Gasteiger partial charge in [0.1, 0.15) is 11.5 Å². The Labute approximate surface area is 225 Å². The van der Waals surface area contributed by atoms with Crippen molar-refractivity contribution in [2.24, 2.45) is 4.99 Å². The maximum Gasteiger partial charge on any atom is 0.269 e. The summed E-state index contributed by atoms with van der Waals surface area (Å²) < 4.78 is 16.6. The predicted octanol–water partition coefficient (Wildman–Crippen LogP) is 4.47. The number of nitrogens with zero attached hydrogens (tertiary/aromatic N) is 4. The van der Waals surface area contributed by atoms with Gasteiger partial charge in [0.05, 0.1) is 22.5 Å². The number of halogens is 1. The van der Waals surface area contributed by atoms with Crippen molar-refractivity contribution in [3.63, 3.8) is 0 Å². The average molecular weight is 526 g/mol. The molecule has 9 nitrogen and oxygen atoms in total. The van der Waals surface area contributed by atoms with Gasteiger partial charge in [-0.25, -0.2) is 9.98 Å². The average Bonchev–Trinajstić information content (AvgIpc) is 3.33. The number of nitrogens with one attached hydrogen (secondary N) is 3. The monoisotopic (exact) mass is 525 g/mol. The lowest BCUT2D eigenvalue weighted by molar-refractivity contribution is -0.117. The van der Waals surface area contributed by atoms with Crippen molar-refractivity contribution in [2.45, 2.75) is 33.0 Å². The minimum absolute atomic E-state index is 0.0839. The Balaban J connectivity index is 1.50. The summed E-state index contributed by atoms with van der Waals surface area (Å²) in [5.41, 5.74) is 3.00. The predicted molar refractivity (Wildman–Crippen MR) is 148 cm³/mol. The molecular weight excluding hydrogens is 497 g/mol. The summed E-state index contributed by atoms with van der Waals surface area (Å²) in [6, 6.07) is 20.0. The Morgan fingerprint density at radius 1 is 1.03 bits per heavy atom. The molecule has 198 valence electrons. The molecule has 5 rings (SSSR count). The number of pyridine rings is 1. The Hall–Kier alpha value is -4.86. The van der Waals surface area contributed by atoms with E-state index >= 15 is 4.39 Å². The van der Waals surface area contributed by atoms with E-state index < -0.39 is 23.9 Å². The van der Waals surface area contributed by atoms with Crippen LogP contribution in [0, 0.1) is 5.95 Å². The standard InChI is InChI=1S/C29H28FN7O2/c1-3-16-31-23-15-14-20(26(30)33-23)25-21(17-37(4-2)36-25)28(38)35-27-29(39)32-22-13-9-8-12-19(22)24(34-27)18-10-6-5-7-11-18/h5-15,17,27H,3-4,16H2,1-2H3,(H,31,33)(H,32,39)(H,35,38)/t27-/m1/s1. The smallest absolute Gasteiger partial charge is 0.269 e. The highest BCUT2D eigenvalue weighted by atomic mass is 19.1. The largest absolute Gasteiger partial charge is 0.370 e. The number of aliphatic imine (C=N–C) groups is 1. The van der Waals surface area contributed by atoms with E-state index in [1.807, 2.05) is 62.4 Å². The second kappa shape index (κ2) is 11.3. The van der Waals surface area contributed by atoms with Crippen LogP contribution in [-0.2, 0) is 11.3 Å². The summed E-state index contributed by atoms with van der Waals surface area (Å²) in [5, 5.41) is 13.0. The van der Waals surface area contributed by atoms with Crippen LogP contribution < -0.4 is 16.0 Å². The van der Waals surface area contributed by atoms with Gasteiger partial charge in [0.25, 0.3) is 11.8 Å². The van der Waals surface area contributed by atoms with Gasteiger partial charge in [-0.15, -0.1) is 0 Å². The second-order valence-corrected chi connectivity index (χ2v) is 8.96. The number of carbonyl (C=O) groups is 2. The van der Waals surface area contributed by atoms with Gasteiger partial charge in [-0.3, -0.25) is 14.3 Å². The van der Waals surface area contributed by atoms with Crippen LogP contribution in [0.1, 0.15) is 41.8 Å². The number of hydrogen-bond donors (Lipinski definition) is 3. The van der Waals surface area contributed by atoms with Crippen LogP contribution in [-0.4, -0.2) is 45.0 Å². The first-order chi connectivity index (χ1) is 19.0. The summed E-state index contributed by atoms with van der Waals surface area (Å²) >= 11 is 0. The summed E-state index contributed by atoms with van der Waals surface area (Å²) in [4.78, 5) is 35.4. The highest BCUT2D eigenvalue weighted by Gasteiger charge is 2.29. The quantitative estimate of drug-likeness (QED) is 0.294. The number of hydrogen-bond acceptors (Lipinski definition) is 6. The Morgan fingerprint density at radius 2 is 1.79 bits per heavy atom. The lowest BCUT2D eigenvalue weighted by Crippen LogP contribution is -2.42. The Morgan fingerprint density at radius 3 is 2.54 bits per heavy atom. The van der Waals surface area contributed by atoms with Gasteiger partial charge in [-0.1, -0.05) is 55.5 Å². The third-order valence-corrected chi connectivity index (χ3v) is 6.25. The van der Waals surface area contributed by atoms with Crippen molar-refractivity contribution < 1.29 is 14.0 Å². The fourth-order valence-electron chi connectivity index (χ4n) is 4.29. The van der Waals surface area contributed by atoms with Crippen molar-refractivity contribution in [3.05, 3.63) is 95.6 Å². The number of para-hydroxylation sites is 1. The highest BCUT2D eigenvalue weighted by molar-refractivity contribution is 6.20. The normalized spacial score (nSPS) is 14.6. The van der Waals surface area contributed by atoms with Gasteiger partial charge < -0.3 is 16.0 Å². The van der Waals surface area contributed by atoms with E-state index in [-0.39, 0.29) is 16.8 Å². The molecule has 0 saturated heterocycles. The van der Waals surface area contributed by atoms with Crippen LogP contribution in [0.3, 0.4) is 0 Å². The van der Waals surface area contributed by atoms with Crippen LogP contribution in [0.5, 0.6) is 0 Å².